The Balaban J connectivity index is 2.23. The third-order valence-electron chi connectivity index (χ3n) is 7.62. The molecule has 2 unspecified atom stereocenters. The average Bonchev–Trinajstić information content (AvgIpc) is 2.89. The predicted octanol–water partition coefficient (Wildman–Crippen LogP) is 10.9. The van der Waals surface area contributed by atoms with Gasteiger partial charge in [0.25, 0.3) is 0 Å². The van der Waals surface area contributed by atoms with Gasteiger partial charge >= 0.3 is 5.97 Å². The van der Waals surface area contributed by atoms with E-state index in [1.54, 1.807) is 0 Å². The van der Waals surface area contributed by atoms with E-state index in [1.165, 1.54) is 121 Å². The summed E-state index contributed by atoms with van der Waals surface area (Å²) in [6.45, 7) is 7.37. The highest BCUT2D eigenvalue weighted by Crippen LogP contribution is 2.20. The van der Waals surface area contributed by atoms with E-state index >= 15 is 0 Å². The molecule has 0 heterocycles. The minimum absolute atomic E-state index is 0.00276. The van der Waals surface area contributed by atoms with Crippen molar-refractivity contribution in [3.63, 3.8) is 0 Å². The highest BCUT2D eigenvalue weighted by molar-refractivity contribution is 5.72. The van der Waals surface area contributed by atoms with Gasteiger partial charge in [0.15, 0.2) is 0 Å². The first-order valence-electron chi connectivity index (χ1n) is 15.9. The van der Waals surface area contributed by atoms with Gasteiger partial charge < -0.3 is 4.74 Å². The number of esters is 1. The van der Waals surface area contributed by atoms with Crippen molar-refractivity contribution in [2.45, 2.75) is 156 Å². The Bertz CT molecular complexity index is 596. The highest BCUT2D eigenvalue weighted by atomic mass is 16.5. The van der Waals surface area contributed by atoms with Gasteiger partial charge in [0.05, 0.1) is 12.5 Å². The molecule has 0 N–H and O–H groups in total. The zero-order valence-corrected chi connectivity index (χ0v) is 24.4. The molecule has 1 aromatic rings. The fourth-order valence-electron chi connectivity index (χ4n) is 5.13. The molecule has 0 saturated heterocycles. The van der Waals surface area contributed by atoms with Gasteiger partial charge in [0.1, 0.15) is 0 Å². The number of rotatable bonds is 25. The van der Waals surface area contributed by atoms with Crippen LogP contribution < -0.4 is 0 Å². The number of unbranched alkanes of at least 4 members (excludes halogenated alkanes) is 16. The second-order valence-corrected chi connectivity index (χ2v) is 11.4. The van der Waals surface area contributed by atoms with Gasteiger partial charge in [0.2, 0.25) is 0 Å². The summed E-state index contributed by atoms with van der Waals surface area (Å²) in [5.41, 5.74) is 1.25. The third-order valence-corrected chi connectivity index (χ3v) is 7.62. The fraction of sp³-hybridized carbons (Fsp3) is 0.794. The smallest absolute Gasteiger partial charge is 0.309 e. The van der Waals surface area contributed by atoms with E-state index in [1.807, 2.05) is 6.07 Å². The van der Waals surface area contributed by atoms with E-state index in [0.29, 0.717) is 12.5 Å². The van der Waals surface area contributed by atoms with Crippen LogP contribution in [0.25, 0.3) is 0 Å². The zero-order valence-electron chi connectivity index (χ0n) is 24.4. The van der Waals surface area contributed by atoms with Gasteiger partial charge in [-0.1, -0.05) is 167 Å². The topological polar surface area (TPSA) is 26.3 Å². The van der Waals surface area contributed by atoms with Crippen LogP contribution in [0.15, 0.2) is 30.3 Å². The normalized spacial score (nSPS) is 13.0. The minimum Gasteiger partial charge on any atom is -0.465 e. The average molecular weight is 501 g/mol. The lowest BCUT2D eigenvalue weighted by Crippen LogP contribution is -2.22. The molecule has 2 heteroatoms. The second kappa shape index (κ2) is 24.1. The van der Waals surface area contributed by atoms with Crippen molar-refractivity contribution in [1.82, 2.24) is 0 Å². The molecule has 0 spiro atoms. The van der Waals surface area contributed by atoms with Gasteiger partial charge in [-0.3, -0.25) is 4.79 Å². The van der Waals surface area contributed by atoms with E-state index in [9.17, 15) is 4.79 Å². The van der Waals surface area contributed by atoms with E-state index in [4.69, 9.17) is 4.74 Å². The lowest BCUT2D eigenvalue weighted by molar-refractivity contribution is -0.150. The lowest BCUT2D eigenvalue weighted by Gasteiger charge is -2.18. The Morgan fingerprint density at radius 2 is 1.08 bits per heavy atom. The van der Waals surface area contributed by atoms with Crippen molar-refractivity contribution in [3.8, 4) is 0 Å². The lowest BCUT2D eigenvalue weighted by atomic mass is 9.93. The maximum atomic E-state index is 13.0. The van der Waals surface area contributed by atoms with E-state index in [0.717, 1.165) is 19.3 Å². The first kappa shape index (κ1) is 32.7. The molecule has 0 aliphatic rings. The summed E-state index contributed by atoms with van der Waals surface area (Å²) < 4.78 is 5.86. The van der Waals surface area contributed by atoms with Crippen molar-refractivity contribution >= 4 is 5.97 Å². The molecule has 0 aromatic heterocycles. The van der Waals surface area contributed by atoms with Crippen molar-refractivity contribution < 1.29 is 9.53 Å². The summed E-state index contributed by atoms with van der Waals surface area (Å²) >= 11 is 0. The molecule has 1 rings (SSSR count). The van der Waals surface area contributed by atoms with E-state index in [-0.39, 0.29) is 11.9 Å². The van der Waals surface area contributed by atoms with Crippen molar-refractivity contribution in [1.29, 1.82) is 0 Å². The molecular weight excluding hydrogens is 440 g/mol. The summed E-state index contributed by atoms with van der Waals surface area (Å²) in [6, 6.07) is 10.5. The summed E-state index contributed by atoms with van der Waals surface area (Å²) in [7, 11) is 0. The summed E-state index contributed by atoms with van der Waals surface area (Å²) in [4.78, 5) is 13.0. The number of benzene rings is 1. The van der Waals surface area contributed by atoms with Crippen LogP contribution in [0.1, 0.15) is 155 Å². The molecule has 208 valence electrons. The molecule has 0 aliphatic carbocycles. The molecule has 0 radical (unpaired) electrons. The SMILES string of the molecule is CCCCCCCCCCCCC(C)COC(=O)C(CCCCCCCCCC)Cc1ccccc1. The number of ether oxygens (including phenoxy) is 1. The molecule has 2 atom stereocenters. The predicted molar refractivity (Wildman–Crippen MR) is 157 cm³/mol. The van der Waals surface area contributed by atoms with Gasteiger partial charge in [-0.05, 0) is 30.7 Å². The van der Waals surface area contributed by atoms with Crippen LogP contribution in [-0.4, -0.2) is 12.6 Å². The Hall–Kier alpha value is -1.31. The molecule has 36 heavy (non-hydrogen) atoms. The van der Waals surface area contributed by atoms with Crippen molar-refractivity contribution in [2.24, 2.45) is 11.8 Å². The quantitative estimate of drug-likeness (QED) is 0.0985. The molecule has 0 amide bonds. The van der Waals surface area contributed by atoms with Crippen molar-refractivity contribution in [3.05, 3.63) is 35.9 Å². The van der Waals surface area contributed by atoms with Gasteiger partial charge in [0, 0.05) is 0 Å². The Morgan fingerprint density at radius 1 is 0.639 bits per heavy atom. The van der Waals surface area contributed by atoms with Crippen LogP contribution in [0.5, 0.6) is 0 Å². The minimum atomic E-state index is -0.00276. The molecule has 2 nitrogen and oxygen atoms in total. The van der Waals surface area contributed by atoms with Crippen LogP contribution in [0, 0.1) is 11.8 Å². The summed E-state index contributed by atoms with van der Waals surface area (Å²) in [6.07, 6.45) is 27.0. The first-order valence-corrected chi connectivity index (χ1v) is 15.9. The maximum absolute atomic E-state index is 13.0. The van der Waals surface area contributed by atoms with Gasteiger partial charge in [-0.2, -0.15) is 0 Å². The Labute approximate surface area is 225 Å². The van der Waals surface area contributed by atoms with Crippen LogP contribution >= 0.6 is 0 Å². The van der Waals surface area contributed by atoms with Gasteiger partial charge in [-0.25, -0.2) is 0 Å². The fourth-order valence-corrected chi connectivity index (χ4v) is 5.13. The molecule has 0 bridgehead atoms. The first-order chi connectivity index (χ1) is 17.7. The third kappa shape index (κ3) is 18.9. The number of hydrogen-bond donors (Lipinski definition) is 0. The number of hydrogen-bond acceptors (Lipinski definition) is 2. The highest BCUT2D eigenvalue weighted by Gasteiger charge is 2.21. The largest absolute Gasteiger partial charge is 0.465 e. The van der Waals surface area contributed by atoms with E-state index in [2.05, 4.69) is 45.0 Å². The van der Waals surface area contributed by atoms with Crippen LogP contribution in [0.2, 0.25) is 0 Å². The van der Waals surface area contributed by atoms with Crippen molar-refractivity contribution in [2.75, 3.05) is 6.61 Å². The molecular formula is C34H60O2. The standard InChI is InChI=1S/C34H60O2/c1-4-6-8-10-12-14-15-16-18-21-25-31(3)30-36-34(35)33(29-32-26-22-20-23-27-32)28-24-19-17-13-11-9-7-5-2/h20,22-23,26-27,31,33H,4-19,21,24-25,28-30H2,1-3H3. The molecule has 0 fully saturated rings. The van der Waals surface area contributed by atoms with Crippen LogP contribution in [0.3, 0.4) is 0 Å². The number of carbonyl (C=O) groups excluding carboxylic acids is 1. The maximum Gasteiger partial charge on any atom is 0.309 e. The number of carbonyl (C=O) groups is 1. The summed E-state index contributed by atoms with van der Waals surface area (Å²) in [5.74, 6) is 0.484. The molecule has 0 aliphatic heterocycles. The monoisotopic (exact) mass is 500 g/mol. The van der Waals surface area contributed by atoms with E-state index < -0.39 is 0 Å². The van der Waals surface area contributed by atoms with Crippen LogP contribution in [0.4, 0.5) is 0 Å². The molecule has 1 aromatic carbocycles. The molecule has 0 saturated carbocycles. The Morgan fingerprint density at radius 3 is 1.58 bits per heavy atom. The van der Waals surface area contributed by atoms with Gasteiger partial charge in [-0.15, -0.1) is 0 Å². The second-order valence-electron chi connectivity index (χ2n) is 11.4. The Kier molecular flexibility index (Phi) is 21.9. The zero-order chi connectivity index (χ0) is 26.1. The summed E-state index contributed by atoms with van der Waals surface area (Å²) in [5, 5.41) is 0. The van der Waals surface area contributed by atoms with Crippen LogP contribution in [-0.2, 0) is 16.0 Å².